The van der Waals surface area contributed by atoms with E-state index in [1.165, 1.54) is 0 Å². The summed E-state index contributed by atoms with van der Waals surface area (Å²) < 4.78 is 5.43. The third kappa shape index (κ3) is 2.43. The molecule has 1 rings (SSSR count). The highest BCUT2D eigenvalue weighted by atomic mass is 16.5. The first kappa shape index (κ1) is 8.97. The summed E-state index contributed by atoms with van der Waals surface area (Å²) in [4.78, 5) is 0. The Morgan fingerprint density at radius 3 is 2.82 bits per heavy atom. The van der Waals surface area contributed by atoms with Crippen LogP contribution in [0.3, 0.4) is 0 Å². The first-order valence-electron chi connectivity index (χ1n) is 4.18. The molecule has 0 radical (unpaired) electrons. The van der Waals surface area contributed by atoms with Crippen LogP contribution in [-0.4, -0.2) is 35.1 Å². The quantitative estimate of drug-likeness (QED) is 0.610. The van der Waals surface area contributed by atoms with Crippen molar-refractivity contribution < 1.29 is 14.9 Å². The van der Waals surface area contributed by atoms with E-state index in [1.807, 2.05) is 6.92 Å². The molecule has 0 bridgehead atoms. The van der Waals surface area contributed by atoms with E-state index < -0.39 is 0 Å². The molecule has 11 heavy (non-hydrogen) atoms. The van der Waals surface area contributed by atoms with Gasteiger partial charge in [0.05, 0.1) is 18.3 Å². The highest BCUT2D eigenvalue weighted by Gasteiger charge is 2.26. The molecule has 1 heterocycles. The Hall–Kier alpha value is -0.120. The van der Waals surface area contributed by atoms with Crippen LogP contribution in [0.5, 0.6) is 0 Å². The summed E-state index contributed by atoms with van der Waals surface area (Å²) in [6.07, 6.45) is 1.97. The van der Waals surface area contributed by atoms with Gasteiger partial charge in [-0.25, -0.2) is 0 Å². The van der Waals surface area contributed by atoms with Crippen molar-refractivity contribution in [3.63, 3.8) is 0 Å². The molecule has 0 aromatic carbocycles. The lowest BCUT2D eigenvalue weighted by Crippen LogP contribution is -2.38. The first-order valence-corrected chi connectivity index (χ1v) is 4.18. The summed E-state index contributed by atoms with van der Waals surface area (Å²) in [6.45, 7) is 2.09. The highest BCUT2D eigenvalue weighted by molar-refractivity contribution is 4.76. The molecule has 1 aliphatic heterocycles. The number of aliphatic hydroxyl groups excluding tert-OH is 2. The van der Waals surface area contributed by atoms with E-state index in [1.54, 1.807) is 0 Å². The molecule has 1 saturated heterocycles. The Bertz CT molecular complexity index is 116. The SMILES string of the molecule is C[C@H]1CC[C@H](O)[C@@H](CCO)O1. The molecule has 0 amide bonds. The van der Waals surface area contributed by atoms with Crippen molar-refractivity contribution in [1.29, 1.82) is 0 Å². The van der Waals surface area contributed by atoms with Crippen molar-refractivity contribution in [3.05, 3.63) is 0 Å². The lowest BCUT2D eigenvalue weighted by Gasteiger charge is -2.31. The van der Waals surface area contributed by atoms with E-state index in [2.05, 4.69) is 0 Å². The van der Waals surface area contributed by atoms with Gasteiger partial charge in [-0.3, -0.25) is 0 Å². The average Bonchev–Trinajstić information content (AvgIpc) is 1.98. The van der Waals surface area contributed by atoms with Crippen molar-refractivity contribution in [3.8, 4) is 0 Å². The van der Waals surface area contributed by atoms with E-state index in [-0.39, 0.29) is 24.9 Å². The van der Waals surface area contributed by atoms with Gasteiger partial charge >= 0.3 is 0 Å². The van der Waals surface area contributed by atoms with Crippen LogP contribution in [0.15, 0.2) is 0 Å². The number of hydrogen-bond acceptors (Lipinski definition) is 3. The van der Waals surface area contributed by atoms with Crippen molar-refractivity contribution in [1.82, 2.24) is 0 Å². The molecule has 3 atom stereocenters. The Labute approximate surface area is 67.0 Å². The summed E-state index contributed by atoms with van der Waals surface area (Å²) in [5.74, 6) is 0. The third-order valence-corrected chi connectivity index (χ3v) is 2.12. The summed E-state index contributed by atoms with van der Waals surface area (Å²) in [5, 5.41) is 18.0. The molecule has 2 N–H and O–H groups in total. The molecule has 1 aliphatic rings. The minimum Gasteiger partial charge on any atom is -0.396 e. The predicted octanol–water partition coefficient (Wildman–Crippen LogP) is 0.297. The van der Waals surface area contributed by atoms with Crippen LogP contribution in [0.2, 0.25) is 0 Å². The van der Waals surface area contributed by atoms with Crippen LogP contribution in [0.25, 0.3) is 0 Å². The Kier molecular flexibility index (Phi) is 3.30. The lowest BCUT2D eigenvalue weighted by molar-refractivity contribution is -0.117. The molecule has 1 fully saturated rings. The van der Waals surface area contributed by atoms with Gasteiger partial charge in [0, 0.05) is 6.61 Å². The zero-order valence-corrected chi connectivity index (χ0v) is 6.86. The minimum absolute atomic E-state index is 0.0917. The fourth-order valence-corrected chi connectivity index (χ4v) is 1.44. The zero-order chi connectivity index (χ0) is 8.27. The number of rotatable bonds is 2. The Balaban J connectivity index is 2.34. The number of hydrogen-bond donors (Lipinski definition) is 2. The van der Waals surface area contributed by atoms with Gasteiger partial charge in [-0.1, -0.05) is 0 Å². The van der Waals surface area contributed by atoms with E-state index in [4.69, 9.17) is 9.84 Å². The van der Waals surface area contributed by atoms with Crippen molar-refractivity contribution >= 4 is 0 Å². The maximum atomic E-state index is 9.38. The monoisotopic (exact) mass is 160 g/mol. The second kappa shape index (κ2) is 4.04. The normalized spacial score (nSPS) is 39.0. The number of aliphatic hydroxyl groups is 2. The fraction of sp³-hybridized carbons (Fsp3) is 1.00. The van der Waals surface area contributed by atoms with Crippen LogP contribution in [0.1, 0.15) is 26.2 Å². The maximum Gasteiger partial charge on any atom is 0.0859 e. The molecule has 66 valence electrons. The molecule has 0 aromatic rings. The largest absolute Gasteiger partial charge is 0.396 e. The molecular formula is C8H16O3. The van der Waals surface area contributed by atoms with Gasteiger partial charge < -0.3 is 14.9 Å². The van der Waals surface area contributed by atoms with Crippen LogP contribution < -0.4 is 0 Å². The molecule has 0 aliphatic carbocycles. The minimum atomic E-state index is -0.377. The van der Waals surface area contributed by atoms with Crippen LogP contribution in [-0.2, 0) is 4.74 Å². The Morgan fingerprint density at radius 2 is 2.18 bits per heavy atom. The number of ether oxygens (including phenoxy) is 1. The molecule has 0 aromatic heterocycles. The molecule has 0 spiro atoms. The molecule has 0 saturated carbocycles. The smallest absolute Gasteiger partial charge is 0.0859 e. The lowest BCUT2D eigenvalue weighted by atomic mass is 10.00. The topological polar surface area (TPSA) is 49.7 Å². The molecular weight excluding hydrogens is 144 g/mol. The summed E-state index contributed by atoms with van der Waals surface area (Å²) in [6, 6.07) is 0. The van der Waals surface area contributed by atoms with Gasteiger partial charge in [-0.2, -0.15) is 0 Å². The molecule has 0 unspecified atom stereocenters. The van der Waals surface area contributed by atoms with Gasteiger partial charge in [0.2, 0.25) is 0 Å². The first-order chi connectivity index (χ1) is 5.24. The fourth-order valence-electron chi connectivity index (χ4n) is 1.44. The van der Waals surface area contributed by atoms with Crippen LogP contribution in [0.4, 0.5) is 0 Å². The second-order valence-electron chi connectivity index (χ2n) is 3.14. The Morgan fingerprint density at radius 1 is 1.45 bits per heavy atom. The van der Waals surface area contributed by atoms with Gasteiger partial charge in [-0.05, 0) is 26.2 Å². The van der Waals surface area contributed by atoms with E-state index in [0.29, 0.717) is 6.42 Å². The van der Waals surface area contributed by atoms with E-state index in [0.717, 1.165) is 12.8 Å². The van der Waals surface area contributed by atoms with Gasteiger partial charge in [0.25, 0.3) is 0 Å². The van der Waals surface area contributed by atoms with Gasteiger partial charge in [-0.15, -0.1) is 0 Å². The highest BCUT2D eigenvalue weighted by Crippen LogP contribution is 2.20. The summed E-state index contributed by atoms with van der Waals surface area (Å²) in [7, 11) is 0. The van der Waals surface area contributed by atoms with E-state index in [9.17, 15) is 5.11 Å². The standard InChI is InChI=1S/C8H16O3/c1-6-2-3-7(10)8(11-6)4-5-9/h6-10H,2-5H2,1H3/t6-,7-,8+/m0/s1. The van der Waals surface area contributed by atoms with Crippen LogP contribution in [0, 0.1) is 0 Å². The zero-order valence-electron chi connectivity index (χ0n) is 6.86. The van der Waals surface area contributed by atoms with E-state index >= 15 is 0 Å². The van der Waals surface area contributed by atoms with Crippen LogP contribution >= 0.6 is 0 Å². The average molecular weight is 160 g/mol. The molecule has 3 nitrogen and oxygen atoms in total. The van der Waals surface area contributed by atoms with Crippen molar-refractivity contribution in [2.45, 2.75) is 44.5 Å². The summed E-state index contributed by atoms with van der Waals surface area (Å²) in [5.41, 5.74) is 0. The predicted molar refractivity (Wildman–Crippen MR) is 41.3 cm³/mol. The third-order valence-electron chi connectivity index (χ3n) is 2.12. The maximum absolute atomic E-state index is 9.38. The molecule has 3 heteroatoms. The van der Waals surface area contributed by atoms with Crippen molar-refractivity contribution in [2.24, 2.45) is 0 Å². The van der Waals surface area contributed by atoms with Crippen molar-refractivity contribution in [2.75, 3.05) is 6.61 Å². The van der Waals surface area contributed by atoms with Gasteiger partial charge in [0.15, 0.2) is 0 Å². The summed E-state index contributed by atoms with van der Waals surface area (Å²) >= 11 is 0. The second-order valence-corrected chi connectivity index (χ2v) is 3.14. The van der Waals surface area contributed by atoms with Gasteiger partial charge in [0.1, 0.15) is 0 Å².